The Morgan fingerprint density at radius 3 is 2.19 bits per heavy atom. The van der Waals surface area contributed by atoms with E-state index in [1.165, 1.54) is 24.3 Å². The van der Waals surface area contributed by atoms with Crippen LogP contribution in [0.1, 0.15) is 12.0 Å². The van der Waals surface area contributed by atoms with Gasteiger partial charge in [0.2, 0.25) is 4.93 Å². The lowest BCUT2D eigenvalue weighted by atomic mass is 10.1. The predicted molar refractivity (Wildman–Crippen MR) is 99.1 cm³/mol. The molecule has 0 spiro atoms. The Morgan fingerprint density at radius 1 is 0.923 bits per heavy atom. The number of rotatable bonds is 6. The third-order valence-electron chi connectivity index (χ3n) is 4.06. The minimum absolute atomic E-state index is 0.0179. The Balaban J connectivity index is 2.03. The van der Waals surface area contributed by atoms with Gasteiger partial charge in [0.1, 0.15) is 0 Å². The Bertz CT molecular complexity index is 1050. The molecule has 26 heavy (non-hydrogen) atoms. The Kier molecular flexibility index (Phi) is 4.67. The van der Waals surface area contributed by atoms with Crippen molar-refractivity contribution < 1.29 is 23.4 Å². The molecule has 1 unspecified atom stereocenters. The van der Waals surface area contributed by atoms with Crippen molar-refractivity contribution >= 4 is 32.5 Å². The van der Waals surface area contributed by atoms with E-state index >= 15 is 0 Å². The lowest BCUT2D eigenvalue weighted by molar-refractivity contribution is -0.140. The molecule has 0 bridgehead atoms. The second-order valence-electron chi connectivity index (χ2n) is 5.89. The number of nitrogens with one attached hydrogen (secondary N) is 1. The minimum atomic E-state index is -4.47. The molecule has 134 valence electrons. The van der Waals surface area contributed by atoms with Crippen LogP contribution >= 0.6 is 0 Å². The minimum Gasteiger partial charge on any atom is -0.481 e. The monoisotopic (exact) mass is 371 g/mol. The number of carbonyl (C=O) groups is 1. The zero-order valence-corrected chi connectivity index (χ0v) is 14.5. The van der Waals surface area contributed by atoms with Gasteiger partial charge in [-0.05, 0) is 22.9 Å². The molecule has 3 N–H and O–H groups in total. The molecule has 0 radical (unpaired) electrons. The van der Waals surface area contributed by atoms with Gasteiger partial charge in [0.25, 0.3) is 10.0 Å². The van der Waals surface area contributed by atoms with Crippen molar-refractivity contribution in [3.05, 3.63) is 78.4 Å². The summed E-state index contributed by atoms with van der Waals surface area (Å²) in [5, 5.41) is 21.7. The molecule has 0 aliphatic carbocycles. The van der Waals surface area contributed by atoms with Gasteiger partial charge in [0.05, 0.1) is 6.42 Å². The molecule has 0 fully saturated rings. The molecule has 0 aliphatic rings. The average molecular weight is 371 g/mol. The number of fused-ring (bicyclic) bond motifs is 1. The topological polar surface area (TPSA) is 104 Å². The summed E-state index contributed by atoms with van der Waals surface area (Å²) in [6.07, 6.45) is -0.986. The molecule has 0 heterocycles. The molecule has 0 aliphatic heterocycles. The van der Waals surface area contributed by atoms with Gasteiger partial charge in [-0.3, -0.25) is 9.52 Å². The molecular weight excluding hydrogens is 354 g/mol. The van der Waals surface area contributed by atoms with Crippen LogP contribution in [0, 0.1) is 0 Å². The first-order chi connectivity index (χ1) is 12.3. The van der Waals surface area contributed by atoms with Gasteiger partial charge < -0.3 is 10.2 Å². The zero-order chi connectivity index (χ0) is 18.8. The Hall–Kier alpha value is -2.90. The molecule has 1 atom stereocenters. The number of carboxylic acids is 1. The van der Waals surface area contributed by atoms with E-state index in [0.717, 1.165) is 10.8 Å². The first-order valence-electron chi connectivity index (χ1n) is 7.83. The lowest BCUT2D eigenvalue weighted by Gasteiger charge is -2.27. The summed E-state index contributed by atoms with van der Waals surface area (Å²) in [7, 11) is -4.47. The van der Waals surface area contributed by atoms with Gasteiger partial charge in [-0.2, -0.15) is 0 Å². The van der Waals surface area contributed by atoms with Crippen molar-refractivity contribution in [1.82, 2.24) is 0 Å². The summed E-state index contributed by atoms with van der Waals surface area (Å²) >= 11 is 0. The first kappa shape index (κ1) is 17.9. The van der Waals surface area contributed by atoms with Gasteiger partial charge >= 0.3 is 5.97 Å². The second-order valence-corrected chi connectivity index (χ2v) is 7.77. The van der Waals surface area contributed by atoms with E-state index in [1.54, 1.807) is 24.3 Å². The highest BCUT2D eigenvalue weighted by molar-refractivity contribution is 7.93. The van der Waals surface area contributed by atoms with E-state index in [4.69, 9.17) is 5.11 Å². The maximum atomic E-state index is 12.9. The van der Waals surface area contributed by atoms with E-state index < -0.39 is 27.3 Å². The fourth-order valence-electron chi connectivity index (χ4n) is 2.75. The van der Waals surface area contributed by atoms with Crippen LogP contribution in [0.4, 0.5) is 5.69 Å². The number of anilines is 1. The van der Waals surface area contributed by atoms with Gasteiger partial charge in [0.15, 0.2) is 0 Å². The first-order valence-corrected chi connectivity index (χ1v) is 9.31. The second kappa shape index (κ2) is 6.78. The summed E-state index contributed by atoms with van der Waals surface area (Å²) in [5.41, 5.74) is 0.221. The largest absolute Gasteiger partial charge is 0.481 e. The number of aliphatic carboxylic acids is 1. The van der Waals surface area contributed by atoms with Gasteiger partial charge in [-0.15, -0.1) is 0 Å². The number of sulfonamides is 1. The molecule has 0 saturated heterocycles. The Morgan fingerprint density at radius 2 is 1.54 bits per heavy atom. The molecule has 6 nitrogen and oxygen atoms in total. The summed E-state index contributed by atoms with van der Waals surface area (Å²) < 4.78 is 28.1. The maximum Gasteiger partial charge on any atom is 0.307 e. The van der Waals surface area contributed by atoms with Crippen LogP contribution in [0.25, 0.3) is 10.8 Å². The SMILES string of the molecule is O=C(O)CC(O)(c1ccccc1)S(=O)(=O)Nc1ccc2ccccc2c1. The highest BCUT2D eigenvalue weighted by atomic mass is 32.2. The number of hydrogen-bond acceptors (Lipinski definition) is 4. The predicted octanol–water partition coefficient (Wildman–Crippen LogP) is 2.90. The van der Waals surface area contributed by atoms with Crippen LogP contribution in [0.5, 0.6) is 0 Å². The maximum absolute atomic E-state index is 12.9. The number of aliphatic hydroxyl groups is 1. The van der Waals surface area contributed by atoms with E-state index in [-0.39, 0.29) is 11.3 Å². The third-order valence-corrected chi connectivity index (χ3v) is 5.84. The molecule has 3 rings (SSSR count). The summed E-state index contributed by atoms with van der Waals surface area (Å²) in [5.74, 6) is -1.43. The molecule has 0 amide bonds. The highest BCUT2D eigenvalue weighted by Crippen LogP contribution is 2.33. The van der Waals surface area contributed by atoms with E-state index in [0.29, 0.717) is 0 Å². The summed E-state index contributed by atoms with van der Waals surface area (Å²) in [6.45, 7) is 0. The summed E-state index contributed by atoms with van der Waals surface area (Å²) in [4.78, 5) is 8.60. The standard InChI is InChI=1S/C19H17NO5S/c21-18(22)13-19(23,16-8-2-1-3-9-16)26(24,25)20-17-11-10-14-6-4-5-7-15(14)12-17/h1-12,20,23H,13H2,(H,21,22). The molecular formula is C19H17NO5S. The van der Waals surface area contributed by atoms with Crippen LogP contribution in [-0.4, -0.2) is 24.6 Å². The van der Waals surface area contributed by atoms with E-state index in [9.17, 15) is 18.3 Å². The van der Waals surface area contributed by atoms with Crippen molar-refractivity contribution in [1.29, 1.82) is 0 Å². The van der Waals surface area contributed by atoms with Gasteiger partial charge in [-0.1, -0.05) is 60.7 Å². The number of carboxylic acid groups (broad SMARTS) is 1. The third kappa shape index (κ3) is 3.40. The van der Waals surface area contributed by atoms with Crippen LogP contribution < -0.4 is 4.72 Å². The van der Waals surface area contributed by atoms with Crippen molar-refractivity contribution in [3.63, 3.8) is 0 Å². The van der Waals surface area contributed by atoms with Gasteiger partial charge in [0, 0.05) is 11.3 Å². The zero-order valence-electron chi connectivity index (χ0n) is 13.7. The Labute approximate surface area is 150 Å². The van der Waals surface area contributed by atoms with Crippen LogP contribution in [0.3, 0.4) is 0 Å². The van der Waals surface area contributed by atoms with Crippen molar-refractivity contribution in [2.45, 2.75) is 11.4 Å². The molecule has 7 heteroatoms. The number of benzene rings is 3. The summed E-state index contributed by atoms with van der Waals surface area (Å²) in [6, 6.07) is 19.8. The van der Waals surface area contributed by atoms with Crippen molar-refractivity contribution in [2.75, 3.05) is 4.72 Å². The van der Waals surface area contributed by atoms with E-state index in [2.05, 4.69) is 4.72 Å². The molecule has 0 aromatic heterocycles. The lowest BCUT2D eigenvalue weighted by Crippen LogP contribution is -2.41. The quantitative estimate of drug-likeness (QED) is 0.618. The fourth-order valence-corrected chi connectivity index (χ4v) is 4.11. The van der Waals surface area contributed by atoms with Crippen molar-refractivity contribution in [3.8, 4) is 0 Å². The molecule has 0 saturated carbocycles. The highest BCUT2D eigenvalue weighted by Gasteiger charge is 2.46. The average Bonchev–Trinajstić information content (AvgIpc) is 2.61. The van der Waals surface area contributed by atoms with Gasteiger partial charge in [-0.25, -0.2) is 8.42 Å². The normalized spacial score (nSPS) is 13.9. The van der Waals surface area contributed by atoms with Crippen LogP contribution in [-0.2, 0) is 19.8 Å². The molecule has 3 aromatic carbocycles. The van der Waals surface area contributed by atoms with Crippen molar-refractivity contribution in [2.24, 2.45) is 0 Å². The number of hydrogen-bond donors (Lipinski definition) is 3. The van der Waals surface area contributed by atoms with Crippen LogP contribution in [0.2, 0.25) is 0 Å². The molecule has 3 aromatic rings. The smallest absolute Gasteiger partial charge is 0.307 e. The van der Waals surface area contributed by atoms with Crippen LogP contribution in [0.15, 0.2) is 72.8 Å². The van der Waals surface area contributed by atoms with E-state index in [1.807, 2.05) is 24.3 Å². The fraction of sp³-hybridized carbons (Fsp3) is 0.105.